The summed E-state index contributed by atoms with van der Waals surface area (Å²) in [5.41, 5.74) is 1.20. The second kappa shape index (κ2) is 7.39. The summed E-state index contributed by atoms with van der Waals surface area (Å²) >= 11 is 13.6. The van der Waals surface area contributed by atoms with Crippen LogP contribution in [0.1, 0.15) is 12.5 Å². The van der Waals surface area contributed by atoms with Gasteiger partial charge in [-0.2, -0.15) is 11.8 Å². The Labute approximate surface area is 105 Å². The molecule has 0 bridgehead atoms. The lowest BCUT2D eigenvalue weighted by molar-refractivity contribution is 0.164. The molecule has 1 rings (SSSR count). The van der Waals surface area contributed by atoms with Crippen molar-refractivity contribution in [3.63, 3.8) is 0 Å². The molecular weight excluding hydrogens is 251 g/mol. The van der Waals surface area contributed by atoms with Crippen molar-refractivity contribution < 1.29 is 4.74 Å². The predicted molar refractivity (Wildman–Crippen MR) is 69.1 cm³/mol. The minimum atomic E-state index is 0.611. The maximum atomic E-state index is 5.91. The third kappa shape index (κ3) is 5.12. The number of hydrogen-bond acceptors (Lipinski definition) is 2. The average Bonchev–Trinajstić information content (AvgIpc) is 2.23. The van der Waals surface area contributed by atoms with Crippen LogP contribution >= 0.6 is 35.0 Å². The Hall–Kier alpha value is 0.110. The highest BCUT2D eigenvalue weighted by molar-refractivity contribution is 7.98. The van der Waals surface area contributed by atoms with Crippen LogP contribution in [-0.2, 0) is 10.5 Å². The molecule has 0 amide bonds. The van der Waals surface area contributed by atoms with Gasteiger partial charge in [0.05, 0.1) is 16.7 Å². The summed E-state index contributed by atoms with van der Waals surface area (Å²) in [4.78, 5) is 0. The van der Waals surface area contributed by atoms with Gasteiger partial charge in [-0.25, -0.2) is 0 Å². The van der Waals surface area contributed by atoms with E-state index in [1.165, 1.54) is 5.56 Å². The van der Waals surface area contributed by atoms with Gasteiger partial charge in [0.25, 0.3) is 0 Å². The Morgan fingerprint density at radius 2 is 2.07 bits per heavy atom. The van der Waals surface area contributed by atoms with E-state index in [1.807, 2.05) is 36.9 Å². The molecule has 0 spiro atoms. The summed E-state index contributed by atoms with van der Waals surface area (Å²) < 4.78 is 5.25. The monoisotopic (exact) mass is 264 g/mol. The zero-order valence-corrected chi connectivity index (χ0v) is 11.0. The van der Waals surface area contributed by atoms with E-state index in [4.69, 9.17) is 27.9 Å². The van der Waals surface area contributed by atoms with Gasteiger partial charge in [0.2, 0.25) is 0 Å². The predicted octanol–water partition coefficient (Wildman–Crippen LogP) is 4.26. The summed E-state index contributed by atoms with van der Waals surface area (Å²) in [6, 6.07) is 5.75. The largest absolute Gasteiger partial charge is 0.381 e. The summed E-state index contributed by atoms with van der Waals surface area (Å²) in [6.07, 6.45) is 0. The quantitative estimate of drug-likeness (QED) is 0.710. The fourth-order valence-corrected chi connectivity index (χ4v) is 2.20. The van der Waals surface area contributed by atoms with Crippen molar-refractivity contribution >= 4 is 35.0 Å². The molecule has 15 heavy (non-hydrogen) atoms. The molecule has 0 aliphatic carbocycles. The fourth-order valence-electron chi connectivity index (χ4n) is 1.08. The van der Waals surface area contributed by atoms with E-state index in [-0.39, 0.29) is 0 Å². The molecule has 0 saturated carbocycles. The Morgan fingerprint density at radius 3 is 2.73 bits per heavy atom. The zero-order valence-electron chi connectivity index (χ0n) is 8.63. The number of benzene rings is 1. The summed E-state index contributed by atoms with van der Waals surface area (Å²) in [7, 11) is 0. The first-order chi connectivity index (χ1) is 7.24. The van der Waals surface area contributed by atoms with E-state index in [2.05, 4.69) is 0 Å². The maximum absolute atomic E-state index is 5.91. The van der Waals surface area contributed by atoms with Gasteiger partial charge in [-0.15, -0.1) is 0 Å². The molecule has 1 aromatic rings. The van der Waals surface area contributed by atoms with E-state index in [9.17, 15) is 0 Å². The Bertz CT molecular complexity index is 305. The molecule has 0 aliphatic rings. The van der Waals surface area contributed by atoms with Crippen molar-refractivity contribution in [3.8, 4) is 0 Å². The molecule has 0 aliphatic heterocycles. The molecule has 0 saturated heterocycles. The third-order valence-electron chi connectivity index (χ3n) is 1.83. The number of ether oxygens (including phenoxy) is 1. The molecule has 0 atom stereocenters. The molecule has 0 heterocycles. The first-order valence-electron chi connectivity index (χ1n) is 4.83. The van der Waals surface area contributed by atoms with Crippen molar-refractivity contribution in [2.24, 2.45) is 0 Å². The molecule has 4 heteroatoms. The molecule has 0 N–H and O–H groups in total. The highest BCUT2D eigenvalue weighted by atomic mass is 35.5. The number of hydrogen-bond donors (Lipinski definition) is 0. The average molecular weight is 265 g/mol. The molecular formula is C11H14Cl2OS. The topological polar surface area (TPSA) is 9.23 Å². The zero-order chi connectivity index (χ0) is 11.1. The van der Waals surface area contributed by atoms with Gasteiger partial charge in [0.15, 0.2) is 0 Å². The lowest BCUT2D eigenvalue weighted by atomic mass is 10.2. The van der Waals surface area contributed by atoms with Gasteiger partial charge >= 0.3 is 0 Å². The number of halogens is 2. The van der Waals surface area contributed by atoms with Gasteiger partial charge < -0.3 is 4.74 Å². The van der Waals surface area contributed by atoms with Gasteiger partial charge in [-0.05, 0) is 24.6 Å². The molecule has 1 aromatic carbocycles. The van der Waals surface area contributed by atoms with Crippen molar-refractivity contribution in [2.75, 3.05) is 19.0 Å². The normalized spacial score (nSPS) is 10.6. The first kappa shape index (κ1) is 13.2. The highest BCUT2D eigenvalue weighted by Crippen LogP contribution is 2.24. The second-order valence-corrected chi connectivity index (χ2v) is 4.92. The summed E-state index contributed by atoms with van der Waals surface area (Å²) in [5.74, 6) is 1.96. The van der Waals surface area contributed by atoms with E-state index >= 15 is 0 Å². The van der Waals surface area contributed by atoms with Gasteiger partial charge in [-0.3, -0.25) is 0 Å². The van der Waals surface area contributed by atoms with Crippen LogP contribution in [-0.4, -0.2) is 19.0 Å². The SMILES string of the molecule is CCOCCSCc1ccc(Cl)c(Cl)c1. The molecule has 0 radical (unpaired) electrons. The van der Waals surface area contributed by atoms with Gasteiger partial charge in [0.1, 0.15) is 0 Å². The van der Waals surface area contributed by atoms with E-state index in [1.54, 1.807) is 0 Å². The van der Waals surface area contributed by atoms with Crippen LogP contribution in [0.15, 0.2) is 18.2 Å². The van der Waals surface area contributed by atoms with Crippen LogP contribution in [0.25, 0.3) is 0 Å². The van der Waals surface area contributed by atoms with Crippen LogP contribution in [0, 0.1) is 0 Å². The first-order valence-corrected chi connectivity index (χ1v) is 6.74. The minimum absolute atomic E-state index is 0.611. The number of thioether (sulfide) groups is 1. The van der Waals surface area contributed by atoms with Crippen molar-refractivity contribution in [1.82, 2.24) is 0 Å². The molecule has 0 fully saturated rings. The number of rotatable bonds is 6. The Morgan fingerprint density at radius 1 is 1.27 bits per heavy atom. The summed E-state index contributed by atoms with van der Waals surface area (Å²) in [5, 5.41) is 1.24. The smallest absolute Gasteiger partial charge is 0.0595 e. The van der Waals surface area contributed by atoms with Crippen LogP contribution in [0.2, 0.25) is 10.0 Å². The standard InChI is InChI=1S/C11H14Cl2OS/c1-2-14-5-6-15-8-9-3-4-10(12)11(13)7-9/h3-4,7H,2,5-6,8H2,1H3. The van der Waals surface area contributed by atoms with Crippen molar-refractivity contribution in [2.45, 2.75) is 12.7 Å². The Kier molecular flexibility index (Phi) is 6.50. The van der Waals surface area contributed by atoms with Crippen LogP contribution in [0.5, 0.6) is 0 Å². The van der Waals surface area contributed by atoms with E-state index in [0.29, 0.717) is 10.0 Å². The molecule has 0 unspecified atom stereocenters. The van der Waals surface area contributed by atoms with Crippen molar-refractivity contribution in [1.29, 1.82) is 0 Å². The fraction of sp³-hybridized carbons (Fsp3) is 0.455. The van der Waals surface area contributed by atoms with E-state index in [0.717, 1.165) is 24.7 Å². The Balaban J connectivity index is 2.28. The van der Waals surface area contributed by atoms with E-state index < -0.39 is 0 Å². The minimum Gasteiger partial charge on any atom is -0.381 e. The van der Waals surface area contributed by atoms with Crippen LogP contribution < -0.4 is 0 Å². The second-order valence-electron chi connectivity index (χ2n) is 3.00. The van der Waals surface area contributed by atoms with Crippen LogP contribution in [0.3, 0.4) is 0 Å². The van der Waals surface area contributed by atoms with Gasteiger partial charge in [-0.1, -0.05) is 29.3 Å². The summed E-state index contributed by atoms with van der Waals surface area (Å²) in [6.45, 7) is 3.60. The van der Waals surface area contributed by atoms with Gasteiger partial charge in [0, 0.05) is 18.1 Å². The molecule has 1 nitrogen and oxygen atoms in total. The molecule has 0 aromatic heterocycles. The van der Waals surface area contributed by atoms with Crippen molar-refractivity contribution in [3.05, 3.63) is 33.8 Å². The third-order valence-corrected chi connectivity index (χ3v) is 3.56. The lowest BCUT2D eigenvalue weighted by Crippen LogP contribution is -1.96. The lowest BCUT2D eigenvalue weighted by Gasteiger charge is -2.03. The maximum Gasteiger partial charge on any atom is 0.0595 e. The van der Waals surface area contributed by atoms with Crippen LogP contribution in [0.4, 0.5) is 0 Å². The molecule has 84 valence electrons. The highest BCUT2D eigenvalue weighted by Gasteiger charge is 1.99.